The van der Waals surface area contributed by atoms with Crippen LogP contribution in [0.5, 0.6) is 0 Å². The van der Waals surface area contributed by atoms with Gasteiger partial charge in [-0.2, -0.15) is 0 Å². The second-order valence-corrected chi connectivity index (χ2v) is 5.86. The lowest BCUT2D eigenvalue weighted by molar-refractivity contribution is 0.643. The van der Waals surface area contributed by atoms with Crippen LogP contribution >= 0.6 is 11.6 Å². The molecule has 0 aromatic carbocycles. The number of hydrogen-bond acceptors (Lipinski definition) is 2. The zero-order chi connectivity index (χ0) is 13.1. The molecule has 1 fully saturated rings. The molecule has 0 saturated heterocycles. The van der Waals surface area contributed by atoms with E-state index in [0.29, 0.717) is 17.8 Å². The normalized spacial score (nSPS) is 16.5. The van der Waals surface area contributed by atoms with Crippen molar-refractivity contribution in [2.24, 2.45) is 0 Å². The minimum Gasteiger partial charge on any atom is -0.357 e. The molecule has 1 aliphatic carbocycles. The first-order valence-electron chi connectivity index (χ1n) is 6.91. The fourth-order valence-electron chi connectivity index (χ4n) is 2.63. The molecule has 1 heterocycles. The van der Waals surface area contributed by atoms with Crippen LogP contribution in [0.3, 0.4) is 0 Å². The molecular weight excluding hydrogens is 244 g/mol. The maximum atomic E-state index is 5.99. The molecule has 100 valence electrons. The van der Waals surface area contributed by atoms with Crippen molar-refractivity contribution in [1.29, 1.82) is 0 Å². The number of nitrogens with zero attached hydrogens (tertiary/aromatic N) is 2. The maximum Gasteiger partial charge on any atom is 0.129 e. The molecule has 1 aromatic rings. The van der Waals surface area contributed by atoms with Crippen molar-refractivity contribution < 1.29 is 0 Å². The van der Waals surface area contributed by atoms with Gasteiger partial charge in [0.05, 0.1) is 0 Å². The fourth-order valence-corrected chi connectivity index (χ4v) is 2.78. The Labute approximate surface area is 115 Å². The summed E-state index contributed by atoms with van der Waals surface area (Å²) in [6.07, 6.45) is 5.28. The van der Waals surface area contributed by atoms with Crippen molar-refractivity contribution in [3.05, 3.63) is 23.4 Å². The lowest BCUT2D eigenvalue weighted by Gasteiger charge is -2.26. The molecule has 1 saturated carbocycles. The predicted molar refractivity (Wildman–Crippen MR) is 78.5 cm³/mol. The fraction of sp³-hybridized carbons (Fsp3) is 0.667. The quantitative estimate of drug-likeness (QED) is 0.755. The van der Waals surface area contributed by atoms with Gasteiger partial charge in [0.2, 0.25) is 0 Å². The van der Waals surface area contributed by atoms with Crippen LogP contribution in [0, 0.1) is 0 Å². The Balaban J connectivity index is 2.27. The summed E-state index contributed by atoms with van der Waals surface area (Å²) in [5.74, 6) is 2.10. The highest BCUT2D eigenvalue weighted by Gasteiger charge is 2.21. The average molecular weight is 267 g/mol. The second-order valence-electron chi connectivity index (χ2n) is 5.60. The summed E-state index contributed by atoms with van der Waals surface area (Å²) in [7, 11) is 2.17. The SMILES string of the molecule is CC(C)c1cc(CCl)cc(N(C)C2CCCC2)n1. The molecule has 0 unspecified atom stereocenters. The molecule has 2 nitrogen and oxygen atoms in total. The van der Waals surface area contributed by atoms with E-state index in [9.17, 15) is 0 Å². The molecule has 0 radical (unpaired) electrons. The number of pyridine rings is 1. The van der Waals surface area contributed by atoms with Gasteiger partial charge in [-0.05, 0) is 36.5 Å². The Bertz CT molecular complexity index is 397. The van der Waals surface area contributed by atoms with Crippen molar-refractivity contribution in [2.75, 3.05) is 11.9 Å². The molecule has 3 heteroatoms. The van der Waals surface area contributed by atoms with Crippen LogP contribution in [-0.4, -0.2) is 18.1 Å². The summed E-state index contributed by atoms with van der Waals surface area (Å²) in [6, 6.07) is 4.92. The van der Waals surface area contributed by atoms with Crippen LogP contribution in [0.2, 0.25) is 0 Å². The number of halogens is 1. The van der Waals surface area contributed by atoms with Crippen molar-refractivity contribution in [3.63, 3.8) is 0 Å². The van der Waals surface area contributed by atoms with Crippen LogP contribution in [0.1, 0.15) is 56.7 Å². The van der Waals surface area contributed by atoms with E-state index < -0.39 is 0 Å². The number of aromatic nitrogens is 1. The molecule has 0 atom stereocenters. The summed E-state index contributed by atoms with van der Waals surface area (Å²) >= 11 is 5.99. The summed E-state index contributed by atoms with van der Waals surface area (Å²) in [5, 5.41) is 0. The Morgan fingerprint density at radius 3 is 2.56 bits per heavy atom. The molecule has 2 rings (SSSR count). The van der Waals surface area contributed by atoms with Crippen LogP contribution < -0.4 is 4.90 Å². The van der Waals surface area contributed by atoms with Crippen LogP contribution in [0.25, 0.3) is 0 Å². The third-order valence-corrected chi connectivity index (χ3v) is 4.18. The molecular formula is C15H23ClN2. The van der Waals surface area contributed by atoms with Gasteiger partial charge < -0.3 is 4.90 Å². The van der Waals surface area contributed by atoms with Gasteiger partial charge in [-0.15, -0.1) is 11.6 Å². The van der Waals surface area contributed by atoms with Crippen molar-refractivity contribution >= 4 is 17.4 Å². The van der Waals surface area contributed by atoms with Gasteiger partial charge in [-0.25, -0.2) is 4.98 Å². The van der Waals surface area contributed by atoms with E-state index in [4.69, 9.17) is 16.6 Å². The zero-order valence-electron chi connectivity index (χ0n) is 11.6. The van der Waals surface area contributed by atoms with Gasteiger partial charge in [0.1, 0.15) is 5.82 Å². The van der Waals surface area contributed by atoms with E-state index >= 15 is 0 Å². The molecule has 0 aliphatic heterocycles. The molecule has 0 amide bonds. The Morgan fingerprint density at radius 2 is 2.00 bits per heavy atom. The first-order valence-corrected chi connectivity index (χ1v) is 7.45. The molecule has 1 aliphatic rings. The lowest BCUT2D eigenvalue weighted by atomic mass is 10.1. The van der Waals surface area contributed by atoms with Gasteiger partial charge in [-0.1, -0.05) is 26.7 Å². The number of alkyl halides is 1. The van der Waals surface area contributed by atoms with Gasteiger partial charge in [0.15, 0.2) is 0 Å². The lowest BCUT2D eigenvalue weighted by Crippen LogP contribution is -2.29. The highest BCUT2D eigenvalue weighted by molar-refractivity contribution is 6.17. The van der Waals surface area contributed by atoms with Crippen molar-refractivity contribution in [3.8, 4) is 0 Å². The largest absolute Gasteiger partial charge is 0.357 e. The second kappa shape index (κ2) is 5.92. The van der Waals surface area contributed by atoms with Gasteiger partial charge in [-0.3, -0.25) is 0 Å². The molecule has 0 N–H and O–H groups in total. The molecule has 0 bridgehead atoms. The van der Waals surface area contributed by atoms with Crippen LogP contribution in [0.4, 0.5) is 5.82 Å². The first kappa shape index (κ1) is 13.7. The summed E-state index contributed by atoms with van der Waals surface area (Å²) in [5.41, 5.74) is 2.32. The predicted octanol–water partition coefficient (Wildman–Crippen LogP) is 4.32. The van der Waals surface area contributed by atoms with Gasteiger partial charge in [0.25, 0.3) is 0 Å². The van der Waals surface area contributed by atoms with E-state index in [0.717, 1.165) is 11.5 Å². The molecule has 1 aromatic heterocycles. The van der Waals surface area contributed by atoms with E-state index in [-0.39, 0.29) is 0 Å². The van der Waals surface area contributed by atoms with Gasteiger partial charge in [0, 0.05) is 24.7 Å². The third-order valence-electron chi connectivity index (χ3n) is 3.87. The molecule has 18 heavy (non-hydrogen) atoms. The summed E-state index contributed by atoms with van der Waals surface area (Å²) in [4.78, 5) is 7.13. The van der Waals surface area contributed by atoms with Crippen LogP contribution in [0.15, 0.2) is 12.1 Å². The monoisotopic (exact) mass is 266 g/mol. The number of rotatable bonds is 4. The number of anilines is 1. The summed E-state index contributed by atoms with van der Waals surface area (Å²) in [6.45, 7) is 4.36. The Kier molecular flexibility index (Phi) is 4.50. The minimum atomic E-state index is 0.448. The standard InChI is InChI=1S/C15H23ClN2/c1-11(2)14-8-12(10-16)9-15(17-14)18(3)13-6-4-5-7-13/h8-9,11,13H,4-7,10H2,1-3H3. The smallest absolute Gasteiger partial charge is 0.129 e. The highest BCUT2D eigenvalue weighted by Crippen LogP contribution is 2.28. The van der Waals surface area contributed by atoms with E-state index in [1.54, 1.807) is 0 Å². The topological polar surface area (TPSA) is 16.1 Å². The number of hydrogen-bond donors (Lipinski definition) is 0. The third kappa shape index (κ3) is 2.97. The van der Waals surface area contributed by atoms with Crippen molar-refractivity contribution in [2.45, 2.75) is 57.4 Å². The average Bonchev–Trinajstić information content (AvgIpc) is 2.91. The van der Waals surface area contributed by atoms with Crippen molar-refractivity contribution in [1.82, 2.24) is 4.98 Å². The minimum absolute atomic E-state index is 0.448. The molecule has 0 spiro atoms. The maximum absolute atomic E-state index is 5.99. The summed E-state index contributed by atoms with van der Waals surface area (Å²) < 4.78 is 0. The first-order chi connectivity index (χ1) is 8.61. The van der Waals surface area contributed by atoms with E-state index in [1.165, 1.54) is 31.2 Å². The van der Waals surface area contributed by atoms with Crippen LogP contribution in [-0.2, 0) is 5.88 Å². The zero-order valence-corrected chi connectivity index (χ0v) is 12.4. The highest BCUT2D eigenvalue weighted by atomic mass is 35.5. The van der Waals surface area contributed by atoms with Gasteiger partial charge >= 0.3 is 0 Å². The van der Waals surface area contributed by atoms with E-state index in [2.05, 4.69) is 37.9 Å². The Morgan fingerprint density at radius 1 is 1.33 bits per heavy atom. The Hall–Kier alpha value is -0.760. The van der Waals surface area contributed by atoms with E-state index in [1.807, 2.05) is 0 Å².